The molecule has 0 radical (unpaired) electrons. The van der Waals surface area contributed by atoms with Crippen molar-refractivity contribution in [3.8, 4) is 28.7 Å². The van der Waals surface area contributed by atoms with Gasteiger partial charge in [-0.1, -0.05) is 12.1 Å². The molecule has 2 heterocycles. The van der Waals surface area contributed by atoms with Crippen molar-refractivity contribution in [1.29, 1.82) is 0 Å². The van der Waals surface area contributed by atoms with E-state index in [4.69, 9.17) is 18.6 Å². The molecule has 34 heavy (non-hydrogen) atoms. The number of anilines is 2. The summed E-state index contributed by atoms with van der Waals surface area (Å²) in [6.45, 7) is 0.701. The fourth-order valence-electron chi connectivity index (χ4n) is 3.46. The number of oxazole rings is 1. The number of hydrogen-bond donors (Lipinski definition) is 1. The molecule has 3 aromatic carbocycles. The van der Waals surface area contributed by atoms with Gasteiger partial charge in [-0.3, -0.25) is 0 Å². The molecular formula is C24H19FN2O6S. The van der Waals surface area contributed by atoms with Crippen LogP contribution >= 0.6 is 0 Å². The number of aromatic nitrogens is 1. The second-order valence-electron chi connectivity index (χ2n) is 7.29. The van der Waals surface area contributed by atoms with Crippen molar-refractivity contribution in [1.82, 2.24) is 4.98 Å². The highest BCUT2D eigenvalue weighted by molar-refractivity contribution is 7.91. The van der Waals surface area contributed by atoms with E-state index in [2.05, 4.69) is 10.3 Å². The number of ether oxygens (including phenoxy) is 3. The Hall–Kier alpha value is -4.05. The van der Waals surface area contributed by atoms with E-state index in [-0.39, 0.29) is 21.7 Å². The van der Waals surface area contributed by atoms with Gasteiger partial charge < -0.3 is 23.9 Å². The van der Waals surface area contributed by atoms with Gasteiger partial charge in [0.2, 0.25) is 26.6 Å². The zero-order chi connectivity index (χ0) is 23.7. The van der Waals surface area contributed by atoms with E-state index >= 15 is 0 Å². The van der Waals surface area contributed by atoms with Gasteiger partial charge in [-0.05, 0) is 48.5 Å². The minimum Gasteiger partial charge on any atom is -0.495 e. The van der Waals surface area contributed by atoms with Gasteiger partial charge in [0.15, 0.2) is 11.5 Å². The van der Waals surface area contributed by atoms with Crippen LogP contribution in [0.5, 0.6) is 17.2 Å². The quantitative estimate of drug-likeness (QED) is 0.417. The minimum atomic E-state index is -4.16. The number of benzene rings is 3. The van der Waals surface area contributed by atoms with Crippen LogP contribution in [-0.2, 0) is 9.84 Å². The summed E-state index contributed by atoms with van der Waals surface area (Å²) in [5.74, 6) is 0.725. The monoisotopic (exact) mass is 482 g/mol. The van der Waals surface area contributed by atoms with Crippen LogP contribution in [0.1, 0.15) is 0 Å². The number of sulfone groups is 1. The normalized spacial score (nSPS) is 12.9. The van der Waals surface area contributed by atoms with Gasteiger partial charge >= 0.3 is 0 Å². The Balaban J connectivity index is 1.63. The Morgan fingerprint density at radius 1 is 0.971 bits per heavy atom. The van der Waals surface area contributed by atoms with Gasteiger partial charge in [-0.25, -0.2) is 12.8 Å². The number of fused-ring (bicyclic) bond motifs is 1. The average Bonchev–Trinajstić information content (AvgIpc) is 3.29. The highest BCUT2D eigenvalue weighted by Gasteiger charge is 2.30. The lowest BCUT2D eigenvalue weighted by atomic mass is 10.2. The first-order valence-electron chi connectivity index (χ1n) is 10.3. The van der Waals surface area contributed by atoms with Crippen molar-refractivity contribution in [2.45, 2.75) is 9.92 Å². The minimum absolute atomic E-state index is 0.00789. The lowest BCUT2D eigenvalue weighted by molar-refractivity contribution is 0.171. The van der Waals surface area contributed by atoms with Crippen molar-refractivity contribution >= 4 is 21.4 Å². The molecule has 0 unspecified atom stereocenters. The largest absolute Gasteiger partial charge is 0.495 e. The molecule has 8 nitrogen and oxygen atoms in total. The van der Waals surface area contributed by atoms with Crippen molar-refractivity contribution < 1.29 is 31.4 Å². The standard InChI is InChI=1S/C24H19FN2O6S/c1-30-19-5-3-2-4-18(19)26-23-24(27-22(33-23)15-6-8-16(25)9-7-15)34(28,29)17-10-11-20-21(14-17)32-13-12-31-20/h2-11,14,26H,12-13H2,1H3. The van der Waals surface area contributed by atoms with E-state index in [0.29, 0.717) is 41.7 Å². The lowest BCUT2D eigenvalue weighted by Crippen LogP contribution is -2.16. The third-order valence-corrected chi connectivity index (χ3v) is 6.78. The highest BCUT2D eigenvalue weighted by atomic mass is 32.2. The van der Waals surface area contributed by atoms with Crippen molar-refractivity contribution in [2.75, 3.05) is 25.6 Å². The van der Waals surface area contributed by atoms with Crippen LogP contribution in [-0.4, -0.2) is 33.7 Å². The van der Waals surface area contributed by atoms with Crippen molar-refractivity contribution in [3.05, 3.63) is 72.5 Å². The van der Waals surface area contributed by atoms with Crippen molar-refractivity contribution in [2.24, 2.45) is 0 Å². The van der Waals surface area contributed by atoms with E-state index < -0.39 is 15.7 Å². The Kier molecular flexibility index (Phi) is 5.58. The van der Waals surface area contributed by atoms with Gasteiger partial charge in [0.25, 0.3) is 0 Å². The van der Waals surface area contributed by atoms with Crippen molar-refractivity contribution in [3.63, 3.8) is 0 Å². The zero-order valence-electron chi connectivity index (χ0n) is 17.9. The smallest absolute Gasteiger partial charge is 0.238 e. The highest BCUT2D eigenvalue weighted by Crippen LogP contribution is 2.39. The Morgan fingerprint density at radius 3 is 2.47 bits per heavy atom. The summed E-state index contributed by atoms with van der Waals surface area (Å²) in [4.78, 5) is 4.23. The second kappa shape index (κ2) is 8.71. The Morgan fingerprint density at radius 2 is 1.71 bits per heavy atom. The molecule has 0 atom stereocenters. The first kappa shape index (κ1) is 21.8. The van der Waals surface area contributed by atoms with Crippen LogP contribution in [0.4, 0.5) is 16.0 Å². The van der Waals surface area contributed by atoms with Gasteiger partial charge in [0, 0.05) is 11.6 Å². The summed E-state index contributed by atoms with van der Waals surface area (Å²) < 4.78 is 62.9. The average molecular weight is 482 g/mol. The van der Waals surface area contributed by atoms with Gasteiger partial charge in [-0.15, -0.1) is 0 Å². The molecule has 4 aromatic rings. The maximum absolute atomic E-state index is 13.6. The molecule has 1 aliphatic rings. The zero-order valence-corrected chi connectivity index (χ0v) is 18.8. The van der Waals surface area contributed by atoms with Crippen LogP contribution in [0, 0.1) is 5.82 Å². The number of rotatable bonds is 6. The van der Waals surface area contributed by atoms with Crippen LogP contribution in [0.2, 0.25) is 0 Å². The predicted molar refractivity (Wildman–Crippen MR) is 121 cm³/mol. The number of methoxy groups -OCH3 is 1. The van der Waals surface area contributed by atoms with E-state index in [1.165, 1.54) is 49.6 Å². The molecule has 10 heteroatoms. The fraction of sp³-hybridized carbons (Fsp3) is 0.125. The van der Waals surface area contributed by atoms with Gasteiger partial charge in [0.1, 0.15) is 24.8 Å². The van der Waals surface area contributed by atoms with E-state index in [9.17, 15) is 12.8 Å². The van der Waals surface area contributed by atoms with E-state index in [1.54, 1.807) is 24.3 Å². The van der Waals surface area contributed by atoms with E-state index in [1.807, 2.05) is 0 Å². The summed E-state index contributed by atoms with van der Waals surface area (Å²) in [6.07, 6.45) is 0. The summed E-state index contributed by atoms with van der Waals surface area (Å²) >= 11 is 0. The Labute approximate surface area is 194 Å². The molecule has 0 saturated heterocycles. The van der Waals surface area contributed by atoms with Crippen LogP contribution in [0.15, 0.2) is 81.1 Å². The third-order valence-electron chi connectivity index (χ3n) is 5.12. The molecule has 0 amide bonds. The summed E-state index contributed by atoms with van der Waals surface area (Å²) in [6, 6.07) is 16.7. The maximum Gasteiger partial charge on any atom is 0.238 e. The number of para-hydroxylation sites is 2. The summed E-state index contributed by atoms with van der Waals surface area (Å²) in [7, 11) is -2.66. The SMILES string of the molecule is COc1ccccc1Nc1oc(-c2ccc(F)cc2)nc1S(=O)(=O)c1ccc2c(c1)OCCO2. The van der Waals surface area contributed by atoms with E-state index in [0.717, 1.165) is 0 Å². The lowest BCUT2D eigenvalue weighted by Gasteiger charge is -2.18. The molecular weight excluding hydrogens is 463 g/mol. The topological polar surface area (TPSA) is 99.9 Å². The predicted octanol–water partition coefficient (Wildman–Crippen LogP) is 4.84. The molecule has 1 N–H and O–H groups in total. The number of nitrogens with one attached hydrogen (secondary N) is 1. The molecule has 0 fully saturated rings. The third kappa shape index (κ3) is 4.03. The van der Waals surface area contributed by atoms with Crippen LogP contribution in [0.3, 0.4) is 0 Å². The molecule has 5 rings (SSSR count). The number of hydrogen-bond acceptors (Lipinski definition) is 8. The molecule has 0 bridgehead atoms. The molecule has 1 aliphatic heterocycles. The first-order chi connectivity index (χ1) is 16.5. The number of nitrogens with zero attached hydrogens (tertiary/aromatic N) is 1. The Bertz CT molecular complexity index is 1450. The summed E-state index contributed by atoms with van der Waals surface area (Å²) in [5, 5.41) is 2.63. The van der Waals surface area contributed by atoms with Gasteiger partial charge in [0.05, 0.1) is 17.7 Å². The molecule has 174 valence electrons. The maximum atomic E-state index is 13.6. The first-order valence-corrected chi connectivity index (χ1v) is 11.8. The van der Waals surface area contributed by atoms with Gasteiger partial charge in [-0.2, -0.15) is 4.98 Å². The molecule has 1 aromatic heterocycles. The van der Waals surface area contributed by atoms with Crippen LogP contribution in [0.25, 0.3) is 11.5 Å². The molecule has 0 spiro atoms. The molecule has 0 aliphatic carbocycles. The second-order valence-corrected chi connectivity index (χ2v) is 9.16. The summed E-state index contributed by atoms with van der Waals surface area (Å²) in [5.41, 5.74) is 0.888. The fourth-order valence-corrected chi connectivity index (χ4v) is 4.73. The van der Waals surface area contributed by atoms with Crippen LogP contribution < -0.4 is 19.5 Å². The number of halogens is 1. The molecule has 0 saturated carbocycles.